The van der Waals surface area contributed by atoms with Crippen LogP contribution in [-0.4, -0.2) is 42.8 Å². The molecule has 0 amide bonds. The van der Waals surface area contributed by atoms with Crippen LogP contribution in [0.1, 0.15) is 34.1 Å². The van der Waals surface area contributed by atoms with Gasteiger partial charge in [0.25, 0.3) is 0 Å². The first-order valence-electron chi connectivity index (χ1n) is 6.75. The fourth-order valence-electron chi connectivity index (χ4n) is 2.49. The number of nitrogens with one attached hydrogen (secondary N) is 1. The van der Waals surface area contributed by atoms with Crippen molar-refractivity contribution in [3.63, 3.8) is 0 Å². The quantitative estimate of drug-likeness (QED) is 0.841. The summed E-state index contributed by atoms with van der Waals surface area (Å²) in [4.78, 5) is 2.01. The first-order valence-corrected chi connectivity index (χ1v) is 6.75. The van der Waals surface area contributed by atoms with Gasteiger partial charge in [0.15, 0.2) is 0 Å². The molecule has 2 unspecified atom stereocenters. The van der Waals surface area contributed by atoms with Crippen LogP contribution in [0.25, 0.3) is 0 Å². The third kappa shape index (κ3) is 4.76. The molecule has 0 radical (unpaired) electrons. The van der Waals surface area contributed by atoms with Crippen LogP contribution in [0.4, 0.5) is 13.2 Å². The first-order chi connectivity index (χ1) is 8.20. The van der Waals surface area contributed by atoms with E-state index >= 15 is 0 Å². The molecule has 2 atom stereocenters. The van der Waals surface area contributed by atoms with E-state index in [1.165, 1.54) is 0 Å². The van der Waals surface area contributed by atoms with E-state index in [-0.39, 0.29) is 12.6 Å². The number of alkyl halides is 3. The molecule has 0 aliphatic carbocycles. The van der Waals surface area contributed by atoms with Crippen LogP contribution in [0.3, 0.4) is 0 Å². The van der Waals surface area contributed by atoms with Crippen LogP contribution in [0, 0.1) is 11.8 Å². The number of hydrogen-bond acceptors (Lipinski definition) is 2. The van der Waals surface area contributed by atoms with Crippen LogP contribution in [0.5, 0.6) is 0 Å². The lowest BCUT2D eigenvalue weighted by Gasteiger charge is -2.43. The Labute approximate surface area is 108 Å². The van der Waals surface area contributed by atoms with Gasteiger partial charge in [0.05, 0.1) is 6.42 Å². The van der Waals surface area contributed by atoms with E-state index in [0.29, 0.717) is 17.9 Å². The minimum Gasteiger partial charge on any atom is -0.311 e. The lowest BCUT2D eigenvalue weighted by molar-refractivity contribution is -0.140. The highest BCUT2D eigenvalue weighted by molar-refractivity contribution is 4.89. The summed E-state index contributed by atoms with van der Waals surface area (Å²) < 4.78 is 37.1. The lowest BCUT2D eigenvalue weighted by Crippen LogP contribution is -2.60. The summed E-state index contributed by atoms with van der Waals surface area (Å²) in [6.45, 7) is 9.99. The van der Waals surface area contributed by atoms with Crippen molar-refractivity contribution in [2.75, 3.05) is 19.6 Å². The summed E-state index contributed by atoms with van der Waals surface area (Å²) in [7, 11) is 0. The van der Waals surface area contributed by atoms with Gasteiger partial charge in [-0.2, -0.15) is 13.2 Å². The molecule has 18 heavy (non-hydrogen) atoms. The fourth-order valence-corrected chi connectivity index (χ4v) is 2.49. The van der Waals surface area contributed by atoms with Gasteiger partial charge in [-0.25, -0.2) is 0 Å². The second-order valence-corrected chi connectivity index (χ2v) is 5.93. The highest BCUT2D eigenvalue weighted by Gasteiger charge is 2.34. The zero-order valence-corrected chi connectivity index (χ0v) is 11.7. The standard InChI is InChI=1S/C13H25F3N2/c1-9(2)11-8-18(6-5-13(14,15)16)12(7-17-11)10(3)4/h9-12,17H,5-8H2,1-4H3. The van der Waals surface area contributed by atoms with Crippen LogP contribution in [-0.2, 0) is 0 Å². The molecule has 0 aromatic heterocycles. The van der Waals surface area contributed by atoms with E-state index in [1.54, 1.807) is 0 Å². The maximum atomic E-state index is 12.4. The number of rotatable bonds is 4. The molecule has 2 nitrogen and oxygen atoms in total. The van der Waals surface area contributed by atoms with Crippen molar-refractivity contribution < 1.29 is 13.2 Å². The third-order valence-electron chi connectivity index (χ3n) is 3.75. The van der Waals surface area contributed by atoms with Gasteiger partial charge in [0.1, 0.15) is 0 Å². The zero-order chi connectivity index (χ0) is 13.9. The molecular formula is C13H25F3N2. The number of halogens is 3. The average Bonchev–Trinajstić information content (AvgIpc) is 2.24. The van der Waals surface area contributed by atoms with Crippen molar-refractivity contribution in [3.8, 4) is 0 Å². The minimum atomic E-state index is -4.06. The summed E-state index contributed by atoms with van der Waals surface area (Å²) in [5.74, 6) is 0.824. The van der Waals surface area contributed by atoms with E-state index in [2.05, 4.69) is 33.0 Å². The van der Waals surface area contributed by atoms with E-state index in [0.717, 1.165) is 13.1 Å². The van der Waals surface area contributed by atoms with E-state index in [9.17, 15) is 13.2 Å². The number of piperazine rings is 1. The Balaban J connectivity index is 2.60. The normalized spacial score (nSPS) is 27.2. The van der Waals surface area contributed by atoms with E-state index in [1.807, 2.05) is 4.90 Å². The Morgan fingerprint density at radius 1 is 1.17 bits per heavy atom. The van der Waals surface area contributed by atoms with Gasteiger partial charge in [-0.1, -0.05) is 27.7 Å². The highest BCUT2D eigenvalue weighted by atomic mass is 19.4. The summed E-state index contributed by atoms with van der Waals surface area (Å²) in [5.41, 5.74) is 0. The van der Waals surface area contributed by atoms with Crippen LogP contribution >= 0.6 is 0 Å². The molecular weight excluding hydrogens is 241 g/mol. The summed E-state index contributed by atoms with van der Waals surface area (Å²) in [6.07, 6.45) is -4.76. The van der Waals surface area contributed by atoms with Gasteiger partial charge in [-0.3, -0.25) is 4.90 Å². The van der Waals surface area contributed by atoms with Gasteiger partial charge in [-0.05, 0) is 11.8 Å². The number of nitrogens with zero attached hydrogens (tertiary/aromatic N) is 1. The molecule has 0 aromatic carbocycles. The monoisotopic (exact) mass is 266 g/mol. The molecule has 0 aromatic rings. The molecule has 1 saturated heterocycles. The highest BCUT2D eigenvalue weighted by Crippen LogP contribution is 2.24. The van der Waals surface area contributed by atoms with Crippen molar-refractivity contribution in [2.45, 2.75) is 52.4 Å². The molecule has 0 spiro atoms. The van der Waals surface area contributed by atoms with Gasteiger partial charge in [0.2, 0.25) is 0 Å². The smallest absolute Gasteiger partial charge is 0.311 e. The lowest BCUT2D eigenvalue weighted by atomic mass is 9.94. The van der Waals surface area contributed by atoms with Gasteiger partial charge < -0.3 is 5.32 Å². The minimum absolute atomic E-state index is 0.122. The van der Waals surface area contributed by atoms with Crippen molar-refractivity contribution in [2.24, 2.45) is 11.8 Å². The van der Waals surface area contributed by atoms with Crippen molar-refractivity contribution in [1.29, 1.82) is 0 Å². The molecule has 1 aliphatic rings. The largest absolute Gasteiger partial charge is 0.390 e. The molecule has 0 saturated carbocycles. The van der Waals surface area contributed by atoms with Crippen LogP contribution < -0.4 is 5.32 Å². The summed E-state index contributed by atoms with van der Waals surface area (Å²) in [6, 6.07) is 0.510. The Morgan fingerprint density at radius 3 is 2.22 bits per heavy atom. The average molecular weight is 266 g/mol. The summed E-state index contributed by atoms with van der Waals surface area (Å²) in [5, 5.41) is 3.45. The molecule has 1 fully saturated rings. The maximum Gasteiger partial charge on any atom is 0.390 e. The van der Waals surface area contributed by atoms with Gasteiger partial charge in [-0.15, -0.1) is 0 Å². The van der Waals surface area contributed by atoms with Gasteiger partial charge in [0, 0.05) is 31.7 Å². The van der Waals surface area contributed by atoms with Crippen LogP contribution in [0.2, 0.25) is 0 Å². The molecule has 5 heteroatoms. The van der Waals surface area contributed by atoms with Gasteiger partial charge >= 0.3 is 6.18 Å². The van der Waals surface area contributed by atoms with E-state index in [4.69, 9.17) is 0 Å². The van der Waals surface area contributed by atoms with Crippen LogP contribution in [0.15, 0.2) is 0 Å². The first kappa shape index (κ1) is 15.8. The molecule has 1 aliphatic heterocycles. The van der Waals surface area contributed by atoms with Crippen molar-refractivity contribution in [3.05, 3.63) is 0 Å². The number of hydrogen-bond donors (Lipinski definition) is 1. The molecule has 1 rings (SSSR count). The fraction of sp³-hybridized carbons (Fsp3) is 1.00. The third-order valence-corrected chi connectivity index (χ3v) is 3.75. The van der Waals surface area contributed by atoms with Crippen molar-refractivity contribution in [1.82, 2.24) is 10.2 Å². The second kappa shape index (κ2) is 6.24. The maximum absolute atomic E-state index is 12.4. The Hall–Kier alpha value is -0.290. The molecule has 108 valence electrons. The predicted octanol–water partition coefficient (Wildman–Crippen LogP) is 2.89. The van der Waals surface area contributed by atoms with E-state index < -0.39 is 12.6 Å². The predicted molar refractivity (Wildman–Crippen MR) is 67.5 cm³/mol. The second-order valence-electron chi connectivity index (χ2n) is 5.93. The topological polar surface area (TPSA) is 15.3 Å². The Bertz CT molecular complexity index is 251. The SMILES string of the molecule is CC(C)C1CN(CCC(F)(F)F)C(C(C)C)CN1. The Morgan fingerprint density at radius 2 is 1.78 bits per heavy atom. The summed E-state index contributed by atoms with van der Waals surface area (Å²) >= 11 is 0. The zero-order valence-electron chi connectivity index (χ0n) is 11.7. The molecule has 1 heterocycles. The molecule has 0 bridgehead atoms. The van der Waals surface area contributed by atoms with Crippen molar-refractivity contribution >= 4 is 0 Å². The Kier molecular flexibility index (Phi) is 5.46. The molecule has 1 N–H and O–H groups in total.